The van der Waals surface area contributed by atoms with Crippen molar-refractivity contribution in [2.24, 2.45) is 5.73 Å². The molecule has 0 aliphatic carbocycles. The van der Waals surface area contributed by atoms with Crippen LogP contribution in [0.3, 0.4) is 0 Å². The number of rotatable bonds is 8. The van der Waals surface area contributed by atoms with E-state index in [9.17, 15) is 9.18 Å². The van der Waals surface area contributed by atoms with E-state index in [1.807, 2.05) is 11.0 Å². The average Bonchev–Trinajstić information content (AvgIpc) is 2.95. The Morgan fingerprint density at radius 3 is 2.86 bits per heavy atom. The SMILES string of the molecule is NCCCCCCC(=O)N1CCCC1Cc1cccc(F)c1. The number of unbranched alkanes of at least 4 members (excludes halogenated alkanes) is 3. The Labute approximate surface area is 132 Å². The molecule has 1 fully saturated rings. The van der Waals surface area contributed by atoms with Gasteiger partial charge >= 0.3 is 0 Å². The molecule has 0 saturated carbocycles. The van der Waals surface area contributed by atoms with Gasteiger partial charge in [0.25, 0.3) is 0 Å². The summed E-state index contributed by atoms with van der Waals surface area (Å²) >= 11 is 0. The van der Waals surface area contributed by atoms with Crippen molar-refractivity contribution in [1.29, 1.82) is 0 Å². The molecule has 1 unspecified atom stereocenters. The third-order valence-electron chi connectivity index (χ3n) is 4.40. The first-order valence-electron chi connectivity index (χ1n) is 8.44. The van der Waals surface area contributed by atoms with Crippen LogP contribution in [0, 0.1) is 5.82 Å². The molecule has 0 spiro atoms. The van der Waals surface area contributed by atoms with Crippen LogP contribution in [0.4, 0.5) is 4.39 Å². The first kappa shape index (κ1) is 16.9. The second-order valence-electron chi connectivity index (χ2n) is 6.17. The molecule has 2 rings (SSSR count). The molecule has 0 radical (unpaired) electrons. The number of amides is 1. The fourth-order valence-corrected chi connectivity index (χ4v) is 3.23. The van der Waals surface area contributed by atoms with Crippen molar-refractivity contribution < 1.29 is 9.18 Å². The number of benzene rings is 1. The summed E-state index contributed by atoms with van der Waals surface area (Å²) in [5, 5.41) is 0. The zero-order valence-electron chi connectivity index (χ0n) is 13.3. The second-order valence-corrected chi connectivity index (χ2v) is 6.17. The standard InChI is InChI=1S/C18H27FN2O/c19-16-8-5-7-15(13-16)14-17-9-6-12-21(17)18(22)10-3-1-2-4-11-20/h5,7-8,13,17H,1-4,6,9-12,14,20H2. The summed E-state index contributed by atoms with van der Waals surface area (Å²) in [6.07, 6.45) is 7.64. The first-order valence-corrected chi connectivity index (χ1v) is 8.44. The van der Waals surface area contributed by atoms with Gasteiger partial charge in [0.1, 0.15) is 5.82 Å². The molecule has 3 nitrogen and oxygen atoms in total. The molecule has 1 aromatic rings. The first-order chi connectivity index (χ1) is 10.7. The fourth-order valence-electron chi connectivity index (χ4n) is 3.23. The largest absolute Gasteiger partial charge is 0.339 e. The lowest BCUT2D eigenvalue weighted by Crippen LogP contribution is -2.36. The highest BCUT2D eigenvalue weighted by atomic mass is 19.1. The van der Waals surface area contributed by atoms with Crippen LogP contribution < -0.4 is 5.73 Å². The summed E-state index contributed by atoms with van der Waals surface area (Å²) in [5.74, 6) is 0.0555. The Morgan fingerprint density at radius 2 is 2.09 bits per heavy atom. The third kappa shape index (κ3) is 5.09. The highest BCUT2D eigenvalue weighted by Gasteiger charge is 2.28. The Kier molecular flexibility index (Phi) is 6.84. The fraction of sp³-hybridized carbons (Fsp3) is 0.611. The number of likely N-dealkylation sites (tertiary alicyclic amines) is 1. The predicted octanol–water partition coefficient (Wildman–Crippen LogP) is 3.27. The average molecular weight is 306 g/mol. The Balaban J connectivity index is 1.80. The summed E-state index contributed by atoms with van der Waals surface area (Å²) in [4.78, 5) is 14.4. The molecule has 1 aliphatic rings. The van der Waals surface area contributed by atoms with E-state index >= 15 is 0 Å². The molecule has 2 N–H and O–H groups in total. The number of nitrogens with zero attached hydrogens (tertiary/aromatic N) is 1. The molecule has 4 heteroatoms. The molecule has 22 heavy (non-hydrogen) atoms. The van der Waals surface area contributed by atoms with Gasteiger partial charge in [-0.3, -0.25) is 4.79 Å². The maximum Gasteiger partial charge on any atom is 0.222 e. The number of hydrogen-bond acceptors (Lipinski definition) is 2. The lowest BCUT2D eigenvalue weighted by atomic mass is 10.0. The van der Waals surface area contributed by atoms with Gasteiger partial charge in [0.05, 0.1) is 0 Å². The maximum absolute atomic E-state index is 13.3. The van der Waals surface area contributed by atoms with Crippen molar-refractivity contribution in [2.45, 2.75) is 57.4 Å². The number of hydrogen-bond donors (Lipinski definition) is 1. The number of halogens is 1. The minimum atomic E-state index is -0.201. The summed E-state index contributed by atoms with van der Waals surface area (Å²) in [5.41, 5.74) is 6.45. The van der Waals surface area contributed by atoms with E-state index in [0.29, 0.717) is 6.42 Å². The van der Waals surface area contributed by atoms with Crippen LogP contribution in [0.1, 0.15) is 50.5 Å². The zero-order valence-corrected chi connectivity index (χ0v) is 13.3. The molecule has 122 valence electrons. The van der Waals surface area contributed by atoms with Crippen molar-refractivity contribution in [3.63, 3.8) is 0 Å². The summed E-state index contributed by atoms with van der Waals surface area (Å²) in [6, 6.07) is 6.95. The van der Waals surface area contributed by atoms with E-state index in [0.717, 1.165) is 63.6 Å². The maximum atomic E-state index is 13.3. The van der Waals surface area contributed by atoms with Crippen LogP contribution >= 0.6 is 0 Å². The summed E-state index contributed by atoms with van der Waals surface area (Å²) < 4.78 is 13.3. The molecule has 1 atom stereocenters. The third-order valence-corrected chi connectivity index (χ3v) is 4.40. The van der Waals surface area contributed by atoms with E-state index in [1.165, 1.54) is 6.07 Å². The van der Waals surface area contributed by atoms with Crippen LogP contribution in [-0.4, -0.2) is 29.9 Å². The Morgan fingerprint density at radius 1 is 1.27 bits per heavy atom. The molecule has 0 aromatic heterocycles. The predicted molar refractivity (Wildman–Crippen MR) is 87.0 cm³/mol. The number of nitrogens with two attached hydrogens (primary N) is 1. The minimum absolute atomic E-state index is 0.201. The van der Waals surface area contributed by atoms with Gasteiger partial charge < -0.3 is 10.6 Å². The quantitative estimate of drug-likeness (QED) is 0.749. The molecule has 1 aliphatic heterocycles. The lowest BCUT2D eigenvalue weighted by Gasteiger charge is -2.25. The van der Waals surface area contributed by atoms with E-state index in [-0.39, 0.29) is 17.8 Å². The van der Waals surface area contributed by atoms with Gasteiger partial charge in [0, 0.05) is 19.0 Å². The smallest absolute Gasteiger partial charge is 0.222 e. The molecular formula is C18H27FN2O. The van der Waals surface area contributed by atoms with Crippen LogP contribution in [0.2, 0.25) is 0 Å². The molecule has 1 aromatic carbocycles. The van der Waals surface area contributed by atoms with Crippen molar-refractivity contribution >= 4 is 5.91 Å². The van der Waals surface area contributed by atoms with Gasteiger partial charge in [-0.25, -0.2) is 4.39 Å². The van der Waals surface area contributed by atoms with Crippen molar-refractivity contribution in [1.82, 2.24) is 4.90 Å². The van der Waals surface area contributed by atoms with Crippen LogP contribution in [-0.2, 0) is 11.2 Å². The molecule has 1 heterocycles. The summed E-state index contributed by atoms with van der Waals surface area (Å²) in [7, 11) is 0. The number of carbonyl (C=O) groups is 1. The van der Waals surface area contributed by atoms with Crippen molar-refractivity contribution in [3.8, 4) is 0 Å². The van der Waals surface area contributed by atoms with E-state index in [1.54, 1.807) is 12.1 Å². The molecule has 1 amide bonds. The van der Waals surface area contributed by atoms with Crippen molar-refractivity contribution in [3.05, 3.63) is 35.6 Å². The topological polar surface area (TPSA) is 46.3 Å². The van der Waals surface area contributed by atoms with Crippen molar-refractivity contribution in [2.75, 3.05) is 13.1 Å². The highest BCUT2D eigenvalue weighted by Crippen LogP contribution is 2.23. The van der Waals surface area contributed by atoms with Crippen LogP contribution in [0.25, 0.3) is 0 Å². The molecular weight excluding hydrogens is 279 g/mol. The normalized spacial score (nSPS) is 17.9. The highest BCUT2D eigenvalue weighted by molar-refractivity contribution is 5.76. The van der Waals surface area contributed by atoms with Gasteiger partial charge in [0.15, 0.2) is 0 Å². The molecule has 1 saturated heterocycles. The monoisotopic (exact) mass is 306 g/mol. The second kappa shape index (κ2) is 8.89. The van der Waals surface area contributed by atoms with Gasteiger partial charge in [-0.15, -0.1) is 0 Å². The Hall–Kier alpha value is -1.42. The van der Waals surface area contributed by atoms with Gasteiger partial charge in [-0.1, -0.05) is 25.0 Å². The molecule has 0 bridgehead atoms. The minimum Gasteiger partial charge on any atom is -0.339 e. The van der Waals surface area contributed by atoms with E-state index in [4.69, 9.17) is 5.73 Å². The Bertz CT molecular complexity index is 478. The summed E-state index contributed by atoms with van der Waals surface area (Å²) in [6.45, 7) is 1.58. The van der Waals surface area contributed by atoms with Crippen LogP contribution in [0.5, 0.6) is 0 Å². The van der Waals surface area contributed by atoms with E-state index < -0.39 is 0 Å². The number of carbonyl (C=O) groups excluding carboxylic acids is 1. The van der Waals surface area contributed by atoms with Gasteiger partial charge in [-0.2, -0.15) is 0 Å². The lowest BCUT2D eigenvalue weighted by molar-refractivity contribution is -0.132. The van der Waals surface area contributed by atoms with E-state index in [2.05, 4.69) is 0 Å². The van der Waals surface area contributed by atoms with Gasteiger partial charge in [-0.05, 0) is 56.3 Å². The zero-order chi connectivity index (χ0) is 15.8. The van der Waals surface area contributed by atoms with Crippen LogP contribution in [0.15, 0.2) is 24.3 Å². The van der Waals surface area contributed by atoms with Gasteiger partial charge in [0.2, 0.25) is 5.91 Å².